The Balaban J connectivity index is 1.72. The molecule has 4 unspecified atom stereocenters. The lowest BCUT2D eigenvalue weighted by Crippen LogP contribution is -2.57. The molecule has 228 valence electrons. The minimum absolute atomic E-state index is 0.0201. The maximum atomic E-state index is 14.0. The van der Waals surface area contributed by atoms with Crippen LogP contribution in [0.1, 0.15) is 71.4 Å². The Labute approximate surface area is 249 Å². The molecule has 0 aromatic heterocycles. The van der Waals surface area contributed by atoms with Gasteiger partial charge in [0.25, 0.3) is 0 Å². The van der Waals surface area contributed by atoms with E-state index < -0.39 is 41.1 Å². The Bertz CT molecular complexity index is 1270. The molecule has 1 aromatic carbocycles. The van der Waals surface area contributed by atoms with E-state index in [0.29, 0.717) is 6.42 Å². The Hall–Kier alpha value is -3.39. The predicted molar refractivity (Wildman–Crippen MR) is 163 cm³/mol. The molecule has 1 saturated heterocycles. The number of methoxy groups -OCH3 is 1. The van der Waals surface area contributed by atoms with Gasteiger partial charge in [-0.05, 0) is 59.1 Å². The van der Waals surface area contributed by atoms with Crippen molar-refractivity contribution < 1.29 is 29.0 Å². The molecule has 1 aliphatic carbocycles. The summed E-state index contributed by atoms with van der Waals surface area (Å²) >= 11 is 0. The first-order valence-corrected chi connectivity index (χ1v) is 14.9. The van der Waals surface area contributed by atoms with Crippen molar-refractivity contribution in [2.75, 3.05) is 20.3 Å². The normalized spacial score (nSPS) is 28.8. The summed E-state index contributed by atoms with van der Waals surface area (Å²) in [4.78, 5) is 40.8. The molecule has 1 fully saturated rings. The fourth-order valence-corrected chi connectivity index (χ4v) is 6.26. The average Bonchev–Trinajstić information content (AvgIpc) is 3.16. The van der Waals surface area contributed by atoms with Gasteiger partial charge in [0, 0.05) is 13.5 Å². The largest absolute Gasteiger partial charge is 0.480 e. The average molecular weight is 579 g/mol. The molecule has 4 atom stereocenters. The minimum Gasteiger partial charge on any atom is -0.480 e. The second kappa shape index (κ2) is 12.5. The minimum atomic E-state index is -1.09. The standard InChI is InChI=1S/C34H46N2O6/c1-32(2,3)28-29(37)36-21-34(41-6,20-27(36)30(38)39)19-23-11-9-13-25(17-16-23)26-15-8-7-12-24(26)14-10-18-33(4,5)22-42-31(40)35-28/h7-9,11-13,15-17,23,27-28H,10,14,18-22H2,1-6H3,(H,35,40)(H,38,39). The van der Waals surface area contributed by atoms with Gasteiger partial charge in [-0.3, -0.25) is 4.79 Å². The SMILES string of the molecule is COC12CC3C=CC=C(C=C3)c3ccccc3CCCC(C)(C)COC(=O)NC(C(C)(C)C)C(=O)N(C1)C(C(=O)O)C2. The molecule has 0 radical (unpaired) electrons. The molecule has 8 heteroatoms. The highest BCUT2D eigenvalue weighted by atomic mass is 16.5. The first-order valence-electron chi connectivity index (χ1n) is 14.9. The van der Waals surface area contributed by atoms with Crippen molar-refractivity contribution in [1.82, 2.24) is 10.2 Å². The number of aryl methyl sites for hydroxylation is 1. The first kappa shape index (κ1) is 31.5. The van der Waals surface area contributed by atoms with Crippen LogP contribution in [0.4, 0.5) is 4.79 Å². The number of cyclic esters (lactones) is 1. The molecule has 3 aliphatic rings. The molecule has 2 N–H and O–H groups in total. The van der Waals surface area contributed by atoms with Gasteiger partial charge in [-0.2, -0.15) is 0 Å². The molecule has 2 aliphatic heterocycles. The quantitative estimate of drug-likeness (QED) is 0.461. The highest BCUT2D eigenvalue weighted by molar-refractivity contribution is 5.90. The number of amides is 2. The summed E-state index contributed by atoms with van der Waals surface area (Å²) in [7, 11) is 1.58. The van der Waals surface area contributed by atoms with Crippen molar-refractivity contribution in [3.05, 3.63) is 65.8 Å². The van der Waals surface area contributed by atoms with Crippen LogP contribution in [0.5, 0.6) is 0 Å². The number of carbonyl (C=O) groups is 3. The molecule has 0 spiro atoms. The summed E-state index contributed by atoms with van der Waals surface area (Å²) in [6.07, 6.45) is 13.2. The summed E-state index contributed by atoms with van der Waals surface area (Å²) < 4.78 is 11.7. The van der Waals surface area contributed by atoms with Gasteiger partial charge in [0.05, 0.1) is 18.8 Å². The lowest BCUT2D eigenvalue weighted by Gasteiger charge is -2.35. The topological polar surface area (TPSA) is 105 Å². The summed E-state index contributed by atoms with van der Waals surface area (Å²) in [5, 5.41) is 12.9. The van der Waals surface area contributed by atoms with Crippen molar-refractivity contribution in [1.29, 1.82) is 0 Å². The molecule has 8 nitrogen and oxygen atoms in total. The summed E-state index contributed by atoms with van der Waals surface area (Å²) in [6.45, 7) is 9.97. The van der Waals surface area contributed by atoms with Crippen LogP contribution in [-0.2, 0) is 25.5 Å². The van der Waals surface area contributed by atoms with Crippen molar-refractivity contribution in [2.45, 2.75) is 84.4 Å². The Morgan fingerprint density at radius 2 is 1.88 bits per heavy atom. The molecular formula is C34H46N2O6. The van der Waals surface area contributed by atoms with Crippen molar-refractivity contribution in [3.8, 4) is 0 Å². The van der Waals surface area contributed by atoms with Gasteiger partial charge in [0.15, 0.2) is 0 Å². The number of nitrogens with zero attached hydrogens (tertiary/aromatic N) is 1. The second-order valence-corrected chi connectivity index (χ2v) is 13.8. The molecule has 42 heavy (non-hydrogen) atoms. The zero-order chi connectivity index (χ0) is 30.7. The molecule has 2 heterocycles. The van der Waals surface area contributed by atoms with Crippen molar-refractivity contribution in [2.24, 2.45) is 16.7 Å². The summed E-state index contributed by atoms with van der Waals surface area (Å²) in [6, 6.07) is 6.37. The molecule has 1 aromatic rings. The van der Waals surface area contributed by atoms with Crippen LogP contribution in [0.15, 0.2) is 54.6 Å². The number of allylic oxidation sites excluding steroid dienone is 6. The molecule has 4 rings (SSSR count). The third-order valence-corrected chi connectivity index (χ3v) is 8.76. The Kier molecular flexibility index (Phi) is 9.36. The number of carboxylic acid groups (broad SMARTS) is 1. The number of hydrogen-bond acceptors (Lipinski definition) is 5. The summed E-state index contributed by atoms with van der Waals surface area (Å²) in [5.74, 6) is -1.56. The van der Waals surface area contributed by atoms with Crippen LogP contribution < -0.4 is 5.32 Å². The lowest BCUT2D eigenvalue weighted by molar-refractivity contribution is -0.150. The first-order chi connectivity index (χ1) is 19.7. The monoisotopic (exact) mass is 578 g/mol. The predicted octanol–water partition coefficient (Wildman–Crippen LogP) is 5.78. The molecule has 2 amide bonds. The lowest BCUT2D eigenvalue weighted by atomic mass is 9.85. The molecule has 0 saturated carbocycles. The van der Waals surface area contributed by atoms with Crippen molar-refractivity contribution >= 4 is 23.5 Å². The van der Waals surface area contributed by atoms with Crippen LogP contribution in [-0.4, -0.2) is 65.9 Å². The van der Waals surface area contributed by atoms with E-state index in [1.165, 1.54) is 16.0 Å². The third kappa shape index (κ3) is 7.33. The van der Waals surface area contributed by atoms with E-state index in [0.717, 1.165) is 24.8 Å². The Morgan fingerprint density at radius 1 is 1.14 bits per heavy atom. The summed E-state index contributed by atoms with van der Waals surface area (Å²) in [5.41, 5.74) is 1.73. The van der Waals surface area contributed by atoms with E-state index in [1.54, 1.807) is 7.11 Å². The van der Waals surface area contributed by atoms with Crippen LogP contribution >= 0.6 is 0 Å². The number of fused-ring (bicyclic) bond motifs is 6. The zero-order valence-corrected chi connectivity index (χ0v) is 25.8. The fraction of sp³-hybridized carbons (Fsp3) is 0.559. The van der Waals surface area contributed by atoms with Crippen LogP contribution in [0, 0.1) is 16.7 Å². The van der Waals surface area contributed by atoms with E-state index in [-0.39, 0.29) is 30.9 Å². The second-order valence-electron chi connectivity index (χ2n) is 13.8. The third-order valence-electron chi connectivity index (χ3n) is 8.76. The number of aliphatic carboxylic acids is 1. The van der Waals surface area contributed by atoms with Crippen LogP contribution in [0.3, 0.4) is 0 Å². The molecular weight excluding hydrogens is 532 g/mol. The molecule has 4 bridgehead atoms. The van der Waals surface area contributed by atoms with Gasteiger partial charge >= 0.3 is 12.1 Å². The highest BCUT2D eigenvalue weighted by Gasteiger charge is 2.52. The van der Waals surface area contributed by atoms with Crippen LogP contribution in [0.2, 0.25) is 0 Å². The number of hydrogen-bond donors (Lipinski definition) is 2. The zero-order valence-electron chi connectivity index (χ0n) is 25.8. The smallest absolute Gasteiger partial charge is 0.407 e. The number of nitrogens with one attached hydrogen (secondary N) is 1. The van der Waals surface area contributed by atoms with E-state index >= 15 is 0 Å². The number of alkyl carbamates (subject to hydrolysis) is 1. The number of carboxylic acids is 1. The van der Waals surface area contributed by atoms with Crippen molar-refractivity contribution in [3.63, 3.8) is 0 Å². The Morgan fingerprint density at radius 3 is 2.57 bits per heavy atom. The van der Waals surface area contributed by atoms with Gasteiger partial charge in [-0.15, -0.1) is 0 Å². The number of benzene rings is 1. The van der Waals surface area contributed by atoms with Gasteiger partial charge in [0.2, 0.25) is 5.91 Å². The van der Waals surface area contributed by atoms with Gasteiger partial charge in [0.1, 0.15) is 12.1 Å². The van der Waals surface area contributed by atoms with E-state index in [4.69, 9.17) is 9.47 Å². The number of carbonyl (C=O) groups excluding carboxylic acids is 2. The van der Waals surface area contributed by atoms with Gasteiger partial charge in [-0.25, -0.2) is 9.59 Å². The van der Waals surface area contributed by atoms with Gasteiger partial charge < -0.3 is 24.8 Å². The van der Waals surface area contributed by atoms with E-state index in [9.17, 15) is 19.5 Å². The van der Waals surface area contributed by atoms with Crippen LogP contribution in [0.25, 0.3) is 5.57 Å². The fourth-order valence-electron chi connectivity index (χ4n) is 6.26. The highest BCUT2D eigenvalue weighted by Crippen LogP contribution is 2.39. The number of rotatable bonds is 2. The van der Waals surface area contributed by atoms with E-state index in [1.807, 2.05) is 20.8 Å². The van der Waals surface area contributed by atoms with Gasteiger partial charge in [-0.1, -0.05) is 89.3 Å². The maximum Gasteiger partial charge on any atom is 0.407 e. The maximum absolute atomic E-state index is 14.0. The van der Waals surface area contributed by atoms with E-state index in [2.05, 4.69) is 73.8 Å². The number of ether oxygens (including phenoxy) is 2.